The molecule has 0 aliphatic heterocycles. The van der Waals surface area contributed by atoms with Gasteiger partial charge in [0.05, 0.1) is 14.2 Å². The van der Waals surface area contributed by atoms with Crippen molar-refractivity contribution in [3.05, 3.63) is 40.9 Å². The summed E-state index contributed by atoms with van der Waals surface area (Å²) in [6.07, 6.45) is 0. The van der Waals surface area contributed by atoms with Crippen LogP contribution in [0.15, 0.2) is 39.5 Å². The second kappa shape index (κ2) is 8.60. The number of rotatable bonds is 7. The lowest BCUT2D eigenvalue weighted by atomic mass is 10.2. The highest BCUT2D eigenvalue weighted by molar-refractivity contribution is 5.85. The fraction of sp³-hybridized carbons (Fsp3) is 0.312. The summed E-state index contributed by atoms with van der Waals surface area (Å²) in [5.41, 5.74) is 0.566. The Morgan fingerprint density at radius 1 is 1.08 bits per heavy atom. The number of amides is 1. The Bertz CT molecular complexity index is 823. The van der Waals surface area contributed by atoms with Gasteiger partial charge in [0.25, 0.3) is 0 Å². The number of benzene rings is 1. The van der Waals surface area contributed by atoms with Gasteiger partial charge < -0.3 is 18.8 Å². The van der Waals surface area contributed by atoms with Crippen molar-refractivity contribution < 1.29 is 28.3 Å². The summed E-state index contributed by atoms with van der Waals surface area (Å²) in [5, 5.41) is 3.96. The SMILES string of the molecule is COC(=O)CN(CC(=O)OC)C(=O)Cn1nc(-c2ccccc2)oc1=O. The van der Waals surface area contributed by atoms with Crippen LogP contribution in [-0.4, -0.2) is 59.8 Å². The molecular weight excluding hydrogens is 346 g/mol. The highest BCUT2D eigenvalue weighted by Crippen LogP contribution is 2.13. The van der Waals surface area contributed by atoms with Crippen LogP contribution in [0.5, 0.6) is 0 Å². The Labute approximate surface area is 147 Å². The van der Waals surface area contributed by atoms with Crippen molar-refractivity contribution in [3.8, 4) is 11.5 Å². The number of methoxy groups -OCH3 is 2. The summed E-state index contributed by atoms with van der Waals surface area (Å²) in [7, 11) is 2.30. The van der Waals surface area contributed by atoms with E-state index >= 15 is 0 Å². The van der Waals surface area contributed by atoms with Crippen LogP contribution >= 0.6 is 0 Å². The van der Waals surface area contributed by atoms with Crippen LogP contribution in [-0.2, 0) is 30.4 Å². The first-order chi connectivity index (χ1) is 12.4. The van der Waals surface area contributed by atoms with Crippen LogP contribution in [0.2, 0.25) is 0 Å². The van der Waals surface area contributed by atoms with Gasteiger partial charge in [-0.1, -0.05) is 18.2 Å². The number of aromatic nitrogens is 2. The first kappa shape index (κ1) is 18.9. The molecule has 0 N–H and O–H groups in total. The predicted octanol–water partition coefficient (Wildman–Crippen LogP) is -0.322. The van der Waals surface area contributed by atoms with Crippen LogP contribution in [0.4, 0.5) is 0 Å². The summed E-state index contributed by atoms with van der Waals surface area (Å²) >= 11 is 0. The first-order valence-electron chi connectivity index (χ1n) is 7.49. The van der Waals surface area contributed by atoms with Gasteiger partial charge in [-0.05, 0) is 12.1 Å². The lowest BCUT2D eigenvalue weighted by Crippen LogP contribution is -2.42. The molecule has 1 amide bonds. The Morgan fingerprint density at radius 3 is 2.19 bits per heavy atom. The molecule has 1 aromatic carbocycles. The number of hydrogen-bond donors (Lipinski definition) is 0. The average Bonchev–Trinajstić information content (AvgIpc) is 3.02. The van der Waals surface area contributed by atoms with E-state index in [2.05, 4.69) is 14.6 Å². The van der Waals surface area contributed by atoms with Gasteiger partial charge in [-0.2, -0.15) is 4.68 Å². The molecule has 0 atom stereocenters. The minimum absolute atomic E-state index is 0.0517. The molecule has 1 aromatic heterocycles. The molecule has 26 heavy (non-hydrogen) atoms. The van der Waals surface area contributed by atoms with Crippen molar-refractivity contribution in [2.24, 2.45) is 0 Å². The van der Waals surface area contributed by atoms with Crippen molar-refractivity contribution in [1.82, 2.24) is 14.7 Å². The zero-order chi connectivity index (χ0) is 19.1. The molecule has 0 unspecified atom stereocenters. The summed E-state index contributed by atoms with van der Waals surface area (Å²) in [4.78, 5) is 48.1. The van der Waals surface area contributed by atoms with E-state index in [1.54, 1.807) is 30.3 Å². The van der Waals surface area contributed by atoms with E-state index < -0.39 is 43.2 Å². The molecule has 1 heterocycles. The number of esters is 2. The molecule has 10 heteroatoms. The number of carbonyl (C=O) groups is 3. The molecule has 10 nitrogen and oxygen atoms in total. The van der Waals surface area contributed by atoms with E-state index in [0.29, 0.717) is 5.56 Å². The van der Waals surface area contributed by atoms with Gasteiger partial charge >= 0.3 is 17.7 Å². The zero-order valence-electron chi connectivity index (χ0n) is 14.2. The van der Waals surface area contributed by atoms with E-state index in [-0.39, 0.29) is 5.89 Å². The molecule has 2 aromatic rings. The number of carbonyl (C=O) groups excluding carboxylic acids is 3. The van der Waals surface area contributed by atoms with Gasteiger partial charge in [-0.25, -0.2) is 4.79 Å². The Balaban J connectivity index is 2.17. The van der Waals surface area contributed by atoms with E-state index in [1.165, 1.54) is 0 Å². The summed E-state index contributed by atoms with van der Waals surface area (Å²) in [5.74, 6) is -2.93. The topological polar surface area (TPSA) is 121 Å². The maximum Gasteiger partial charge on any atom is 0.437 e. The first-order valence-corrected chi connectivity index (χ1v) is 7.49. The highest BCUT2D eigenvalue weighted by atomic mass is 16.5. The number of nitrogens with zero attached hydrogens (tertiary/aromatic N) is 3. The molecule has 2 rings (SSSR count). The van der Waals surface area contributed by atoms with Crippen molar-refractivity contribution in [3.63, 3.8) is 0 Å². The van der Waals surface area contributed by atoms with E-state index in [9.17, 15) is 19.2 Å². The molecule has 0 saturated carbocycles. The largest absolute Gasteiger partial charge is 0.468 e. The van der Waals surface area contributed by atoms with Crippen LogP contribution in [0.25, 0.3) is 11.5 Å². The van der Waals surface area contributed by atoms with Gasteiger partial charge in [-0.15, -0.1) is 5.10 Å². The standard InChI is InChI=1S/C16H17N3O7/c1-24-13(21)9-18(10-14(22)25-2)12(20)8-19-16(23)26-15(17-19)11-6-4-3-5-7-11/h3-7H,8-10H2,1-2H3. The molecule has 0 spiro atoms. The maximum absolute atomic E-state index is 12.4. The molecular formula is C16H17N3O7. The molecule has 0 radical (unpaired) electrons. The van der Waals surface area contributed by atoms with Crippen LogP contribution in [0.3, 0.4) is 0 Å². The third kappa shape index (κ3) is 4.79. The second-order valence-corrected chi connectivity index (χ2v) is 5.10. The van der Waals surface area contributed by atoms with Crippen LogP contribution in [0, 0.1) is 0 Å². The van der Waals surface area contributed by atoms with Crippen molar-refractivity contribution in [2.45, 2.75) is 6.54 Å². The Kier molecular flexibility index (Phi) is 6.25. The summed E-state index contributed by atoms with van der Waals surface area (Å²) in [6, 6.07) is 8.66. The normalized spacial score (nSPS) is 10.2. The average molecular weight is 363 g/mol. The van der Waals surface area contributed by atoms with Gasteiger partial charge in [-0.3, -0.25) is 14.4 Å². The van der Waals surface area contributed by atoms with Crippen LogP contribution < -0.4 is 5.76 Å². The maximum atomic E-state index is 12.4. The lowest BCUT2D eigenvalue weighted by molar-refractivity contribution is -0.152. The molecule has 0 aliphatic carbocycles. The Hall–Kier alpha value is -3.43. The minimum atomic E-state index is -0.840. The van der Waals surface area contributed by atoms with E-state index in [1.807, 2.05) is 0 Å². The van der Waals surface area contributed by atoms with Gasteiger partial charge in [0.15, 0.2) is 0 Å². The molecule has 0 fully saturated rings. The molecule has 0 bridgehead atoms. The fourth-order valence-corrected chi connectivity index (χ4v) is 2.00. The third-order valence-corrected chi connectivity index (χ3v) is 3.36. The van der Waals surface area contributed by atoms with Crippen molar-refractivity contribution >= 4 is 17.8 Å². The highest BCUT2D eigenvalue weighted by Gasteiger charge is 2.23. The third-order valence-electron chi connectivity index (χ3n) is 3.36. The second-order valence-electron chi connectivity index (χ2n) is 5.10. The monoisotopic (exact) mass is 363 g/mol. The van der Waals surface area contributed by atoms with Gasteiger partial charge in [0, 0.05) is 5.56 Å². The zero-order valence-corrected chi connectivity index (χ0v) is 14.2. The van der Waals surface area contributed by atoms with E-state index in [0.717, 1.165) is 23.8 Å². The minimum Gasteiger partial charge on any atom is -0.468 e. The molecule has 0 saturated heterocycles. The lowest BCUT2D eigenvalue weighted by Gasteiger charge is -2.19. The number of ether oxygens (including phenoxy) is 2. The summed E-state index contributed by atoms with van der Waals surface area (Å²) < 4.78 is 14.8. The summed E-state index contributed by atoms with van der Waals surface area (Å²) in [6.45, 7) is -1.45. The van der Waals surface area contributed by atoms with Crippen LogP contribution in [0.1, 0.15) is 0 Å². The van der Waals surface area contributed by atoms with Gasteiger partial charge in [0.1, 0.15) is 19.6 Å². The molecule has 0 aliphatic rings. The van der Waals surface area contributed by atoms with E-state index in [4.69, 9.17) is 4.42 Å². The van der Waals surface area contributed by atoms with Crippen molar-refractivity contribution in [1.29, 1.82) is 0 Å². The molecule has 138 valence electrons. The Morgan fingerprint density at radius 2 is 1.65 bits per heavy atom. The van der Waals surface area contributed by atoms with Gasteiger partial charge in [0.2, 0.25) is 11.8 Å². The van der Waals surface area contributed by atoms with Crippen molar-refractivity contribution in [2.75, 3.05) is 27.3 Å². The predicted molar refractivity (Wildman–Crippen MR) is 86.8 cm³/mol. The smallest absolute Gasteiger partial charge is 0.437 e. The quantitative estimate of drug-likeness (QED) is 0.614. The fourth-order valence-electron chi connectivity index (χ4n) is 2.00. The number of hydrogen-bond acceptors (Lipinski definition) is 8.